The Morgan fingerprint density at radius 3 is 1.40 bits per heavy atom. The van der Waals surface area contributed by atoms with Crippen LogP contribution in [0.2, 0.25) is 10.0 Å². The first-order valence-electron chi connectivity index (χ1n) is 18.3. The number of alkyl halides is 1. The van der Waals surface area contributed by atoms with Crippen molar-refractivity contribution in [2.45, 2.75) is 11.9 Å². The number of fused-ring (bicyclic) bond motifs is 4. The van der Waals surface area contributed by atoms with Crippen LogP contribution in [0.15, 0.2) is 133 Å². The van der Waals surface area contributed by atoms with E-state index in [1.807, 2.05) is 18.2 Å². The van der Waals surface area contributed by atoms with E-state index < -0.39 is 29.4 Å². The van der Waals surface area contributed by atoms with Crippen molar-refractivity contribution in [1.29, 1.82) is 0 Å². The van der Waals surface area contributed by atoms with Crippen molar-refractivity contribution in [2.24, 2.45) is 0 Å². The third kappa shape index (κ3) is 9.28. The molecular formula is C46H26BrCl2F2KN6O4. The van der Waals surface area contributed by atoms with Crippen molar-refractivity contribution in [3.63, 3.8) is 0 Å². The van der Waals surface area contributed by atoms with Gasteiger partial charge >= 0.3 is 51.4 Å². The van der Waals surface area contributed by atoms with Crippen molar-refractivity contribution < 1.29 is 79.3 Å². The van der Waals surface area contributed by atoms with E-state index >= 15 is 0 Å². The summed E-state index contributed by atoms with van der Waals surface area (Å²) in [5, 5.41) is 4.76. The minimum absolute atomic E-state index is 0. The van der Waals surface area contributed by atoms with Gasteiger partial charge in [0.05, 0.1) is 73.3 Å². The van der Waals surface area contributed by atoms with Crippen LogP contribution < -0.4 is 51.4 Å². The zero-order valence-corrected chi connectivity index (χ0v) is 38.5. The van der Waals surface area contributed by atoms with Gasteiger partial charge in [0.2, 0.25) is 0 Å². The summed E-state index contributed by atoms with van der Waals surface area (Å²) in [5.74, 6) is -2.37. The molecule has 0 radical (unpaired) electrons. The number of carbonyl (C=O) groups is 4. The zero-order chi connectivity index (χ0) is 42.8. The number of imide groups is 2. The summed E-state index contributed by atoms with van der Waals surface area (Å²) >= 11 is 15.8. The number of aromatic nitrogens is 4. The van der Waals surface area contributed by atoms with Crippen LogP contribution in [0.5, 0.6) is 0 Å². The molecule has 2 aromatic heterocycles. The standard InChI is InChI=1S/C23H13ClFN3O2.C15H9BrClFN2.C8H5NO2.K/c24-17-9-4-10-18-21(17)27-20(13-5-3-6-14(25)11-13)19(26-18)12-28-22(29)15-7-1-2-8-16(15)23(28)30;16-8-13-14(9-3-1-4-10(18)7-9)20-15-11(17)5-2-6-12(15)19-13;10-7-5-3-1-2-4-6(5)8(11)9-7;/h1-11H,12H2;1-7H,8H2;1-4H,(H,9,10,11);/q;;;+1/p-1. The number of benzene rings is 6. The van der Waals surface area contributed by atoms with E-state index in [0.29, 0.717) is 82.4 Å². The third-order valence-electron chi connectivity index (χ3n) is 9.54. The second kappa shape index (κ2) is 19.5. The molecule has 0 bridgehead atoms. The minimum atomic E-state index is -0.430. The zero-order valence-electron chi connectivity index (χ0n) is 32.3. The van der Waals surface area contributed by atoms with Gasteiger partial charge in [0.15, 0.2) is 0 Å². The first-order chi connectivity index (χ1) is 29.5. The first-order valence-corrected chi connectivity index (χ1v) is 20.2. The van der Waals surface area contributed by atoms with Crippen LogP contribution in [-0.4, -0.2) is 48.5 Å². The van der Waals surface area contributed by atoms with Crippen LogP contribution in [0.3, 0.4) is 0 Å². The number of halogens is 5. The van der Waals surface area contributed by atoms with Gasteiger partial charge in [-0.25, -0.2) is 28.7 Å². The molecule has 300 valence electrons. The molecule has 0 aliphatic carbocycles. The van der Waals surface area contributed by atoms with E-state index in [0.717, 1.165) is 16.1 Å². The quantitative estimate of drug-likeness (QED) is 0.0957. The predicted molar refractivity (Wildman–Crippen MR) is 232 cm³/mol. The van der Waals surface area contributed by atoms with Gasteiger partial charge in [0.25, 0.3) is 11.8 Å². The maximum Gasteiger partial charge on any atom is 1.00 e. The van der Waals surface area contributed by atoms with Crippen molar-refractivity contribution in [2.75, 3.05) is 0 Å². The number of rotatable bonds is 5. The second-order valence-electron chi connectivity index (χ2n) is 13.4. The van der Waals surface area contributed by atoms with Gasteiger partial charge in [0.1, 0.15) is 22.7 Å². The second-order valence-corrected chi connectivity index (χ2v) is 14.8. The average Bonchev–Trinajstić information content (AvgIpc) is 3.69. The summed E-state index contributed by atoms with van der Waals surface area (Å²) in [6.07, 6.45) is 0. The molecule has 6 aromatic carbocycles. The van der Waals surface area contributed by atoms with Gasteiger partial charge in [-0.15, -0.1) is 0 Å². The number of para-hydroxylation sites is 2. The average molecular weight is 955 g/mol. The summed E-state index contributed by atoms with van der Waals surface area (Å²) in [4.78, 5) is 66.9. The summed E-state index contributed by atoms with van der Waals surface area (Å²) in [5.41, 5.74) is 7.19. The molecule has 16 heteroatoms. The molecule has 0 atom stereocenters. The summed E-state index contributed by atoms with van der Waals surface area (Å²) in [6, 6.07) is 36.2. The van der Waals surface area contributed by atoms with E-state index in [1.54, 1.807) is 91.0 Å². The van der Waals surface area contributed by atoms with E-state index in [4.69, 9.17) is 23.2 Å². The van der Waals surface area contributed by atoms with Gasteiger partial charge in [-0.1, -0.05) is 112 Å². The van der Waals surface area contributed by atoms with Crippen molar-refractivity contribution >= 4 is 84.8 Å². The Bertz CT molecular complexity index is 3040. The topological polar surface area (TPSA) is 137 Å². The molecule has 0 saturated carbocycles. The molecular weight excluding hydrogens is 928 g/mol. The molecule has 0 fully saturated rings. The van der Waals surface area contributed by atoms with Gasteiger partial charge in [0, 0.05) is 27.6 Å². The third-order valence-corrected chi connectivity index (χ3v) is 10.7. The molecule has 2 aliphatic rings. The Hall–Kier alpha value is -5.16. The number of nitrogens with zero attached hydrogens (tertiary/aromatic N) is 6. The number of carbonyl (C=O) groups excluding carboxylic acids is 4. The van der Waals surface area contributed by atoms with Crippen LogP contribution in [0.1, 0.15) is 52.8 Å². The van der Waals surface area contributed by atoms with Gasteiger partial charge in [-0.2, -0.15) is 0 Å². The monoisotopic (exact) mass is 952 g/mol. The summed E-state index contributed by atoms with van der Waals surface area (Å²) in [7, 11) is 0. The largest absolute Gasteiger partial charge is 1.00 e. The van der Waals surface area contributed by atoms with Crippen molar-refractivity contribution in [3.05, 3.63) is 194 Å². The smallest absolute Gasteiger partial charge is 0.587 e. The summed E-state index contributed by atoms with van der Waals surface area (Å²) < 4.78 is 27.3. The summed E-state index contributed by atoms with van der Waals surface area (Å²) in [6.45, 7) is -0.0896. The van der Waals surface area contributed by atoms with Gasteiger partial charge in [-0.05, 0) is 60.7 Å². The van der Waals surface area contributed by atoms with E-state index in [1.165, 1.54) is 24.3 Å². The van der Waals surface area contributed by atoms with E-state index in [-0.39, 0.29) is 63.7 Å². The number of hydrogen-bond donors (Lipinski definition) is 0. The molecule has 4 amide bonds. The molecule has 10 nitrogen and oxygen atoms in total. The molecule has 4 heterocycles. The minimum Gasteiger partial charge on any atom is -0.587 e. The fourth-order valence-electron chi connectivity index (χ4n) is 6.70. The van der Waals surface area contributed by atoms with Crippen LogP contribution in [-0.2, 0) is 11.9 Å². The molecule has 8 aromatic rings. The number of hydrogen-bond acceptors (Lipinski definition) is 8. The van der Waals surface area contributed by atoms with Crippen LogP contribution >= 0.6 is 39.1 Å². The fraction of sp³-hybridized carbons (Fsp3) is 0.0435. The SMILES string of the molecule is Fc1cccc(-c2nc3c(Cl)cccc3nc2CBr)c1.O=C1[N-]C(=O)c2ccccc21.O=C1c2ccccc2C(=O)N1Cc1nc2cccc(Cl)c2nc1-c1cccc(F)c1.[K+]. The Kier molecular flexibility index (Phi) is 14.1. The van der Waals surface area contributed by atoms with Gasteiger partial charge in [-0.3, -0.25) is 14.5 Å². The molecule has 0 saturated heterocycles. The Balaban J connectivity index is 0.000000155. The van der Waals surface area contributed by atoms with E-state index in [2.05, 4.69) is 41.2 Å². The first kappa shape index (κ1) is 44.9. The molecule has 0 spiro atoms. The Morgan fingerprint density at radius 1 is 0.532 bits per heavy atom. The normalized spacial score (nSPS) is 12.5. The predicted octanol–water partition coefficient (Wildman–Crippen LogP) is 8.23. The maximum atomic E-state index is 13.9. The number of amides is 4. The molecule has 0 N–H and O–H groups in total. The van der Waals surface area contributed by atoms with Crippen molar-refractivity contribution in [1.82, 2.24) is 24.8 Å². The van der Waals surface area contributed by atoms with Crippen LogP contribution in [0.4, 0.5) is 8.78 Å². The molecule has 62 heavy (non-hydrogen) atoms. The molecule has 0 unspecified atom stereocenters. The Morgan fingerprint density at radius 2 is 0.952 bits per heavy atom. The van der Waals surface area contributed by atoms with Crippen LogP contribution in [0.25, 0.3) is 49.9 Å². The van der Waals surface area contributed by atoms with E-state index in [9.17, 15) is 28.0 Å². The maximum absolute atomic E-state index is 13.9. The molecule has 2 aliphatic heterocycles. The van der Waals surface area contributed by atoms with Crippen molar-refractivity contribution in [3.8, 4) is 22.5 Å². The van der Waals surface area contributed by atoms with Gasteiger partial charge < -0.3 is 14.9 Å². The fourth-order valence-corrected chi connectivity index (χ4v) is 7.51. The van der Waals surface area contributed by atoms with Crippen LogP contribution in [0, 0.1) is 11.6 Å². The Labute approximate surface area is 413 Å². The molecule has 10 rings (SSSR count).